The minimum atomic E-state index is -0.170. The average Bonchev–Trinajstić information content (AvgIpc) is 2.50. The van der Waals surface area contributed by atoms with Crippen molar-refractivity contribution in [1.82, 2.24) is 10.2 Å². The molecule has 1 heterocycles. The van der Waals surface area contributed by atoms with Gasteiger partial charge >= 0.3 is 0 Å². The third-order valence-electron chi connectivity index (χ3n) is 3.50. The van der Waals surface area contributed by atoms with Gasteiger partial charge in [-0.05, 0) is 12.5 Å². The molecular formula is C15H22FN3S. The molecule has 2 rings (SSSR count). The summed E-state index contributed by atoms with van der Waals surface area (Å²) < 4.78 is 13.6. The van der Waals surface area contributed by atoms with Crippen LogP contribution in [0.4, 0.5) is 4.39 Å². The van der Waals surface area contributed by atoms with Gasteiger partial charge in [0, 0.05) is 43.2 Å². The van der Waals surface area contributed by atoms with E-state index in [-0.39, 0.29) is 5.82 Å². The number of guanidine groups is 1. The molecule has 1 atom stereocenters. The summed E-state index contributed by atoms with van der Waals surface area (Å²) in [7, 11) is 1.78. The van der Waals surface area contributed by atoms with E-state index in [0.717, 1.165) is 24.8 Å². The first kappa shape index (κ1) is 15.2. The maximum atomic E-state index is 13.6. The molecule has 1 N–H and O–H groups in total. The van der Waals surface area contributed by atoms with E-state index in [1.807, 2.05) is 17.8 Å². The van der Waals surface area contributed by atoms with Gasteiger partial charge in [-0.1, -0.05) is 25.1 Å². The zero-order valence-corrected chi connectivity index (χ0v) is 12.9. The van der Waals surface area contributed by atoms with Gasteiger partial charge in [-0.15, -0.1) is 0 Å². The van der Waals surface area contributed by atoms with E-state index >= 15 is 0 Å². The van der Waals surface area contributed by atoms with Crippen LogP contribution in [0.15, 0.2) is 29.3 Å². The Hall–Kier alpha value is -1.23. The second-order valence-corrected chi connectivity index (χ2v) is 6.25. The summed E-state index contributed by atoms with van der Waals surface area (Å²) in [6.45, 7) is 4.70. The van der Waals surface area contributed by atoms with Gasteiger partial charge in [0.05, 0.1) is 0 Å². The summed E-state index contributed by atoms with van der Waals surface area (Å²) in [5.74, 6) is 1.82. The highest BCUT2D eigenvalue weighted by Gasteiger charge is 2.21. The highest BCUT2D eigenvalue weighted by atomic mass is 32.2. The average molecular weight is 295 g/mol. The van der Waals surface area contributed by atoms with Crippen LogP contribution in [-0.4, -0.2) is 42.0 Å². The first-order valence-electron chi connectivity index (χ1n) is 7.05. The molecule has 5 heteroatoms. The van der Waals surface area contributed by atoms with Gasteiger partial charge in [-0.2, -0.15) is 11.8 Å². The highest BCUT2D eigenvalue weighted by Crippen LogP contribution is 2.21. The minimum Gasteiger partial charge on any atom is -0.352 e. The Morgan fingerprint density at radius 3 is 3.00 bits per heavy atom. The van der Waals surface area contributed by atoms with Crippen molar-refractivity contribution >= 4 is 17.7 Å². The first-order chi connectivity index (χ1) is 9.74. The van der Waals surface area contributed by atoms with Crippen LogP contribution in [0.3, 0.4) is 0 Å². The fourth-order valence-corrected chi connectivity index (χ4v) is 3.49. The Labute approximate surface area is 124 Å². The van der Waals surface area contributed by atoms with E-state index in [9.17, 15) is 4.39 Å². The number of hydrogen-bond donors (Lipinski definition) is 1. The smallest absolute Gasteiger partial charge is 0.193 e. The van der Waals surface area contributed by atoms with E-state index in [0.29, 0.717) is 17.4 Å². The summed E-state index contributed by atoms with van der Waals surface area (Å²) in [5.41, 5.74) is 0.673. The first-order valence-corrected chi connectivity index (χ1v) is 8.10. The van der Waals surface area contributed by atoms with Crippen LogP contribution in [0, 0.1) is 5.82 Å². The molecule has 1 fully saturated rings. The summed E-state index contributed by atoms with van der Waals surface area (Å²) in [4.78, 5) is 6.59. The molecule has 0 spiro atoms. The van der Waals surface area contributed by atoms with Crippen LogP contribution in [0.1, 0.15) is 18.9 Å². The third kappa shape index (κ3) is 3.88. The number of nitrogens with one attached hydrogen (secondary N) is 1. The molecule has 1 saturated heterocycles. The van der Waals surface area contributed by atoms with Crippen molar-refractivity contribution in [3.63, 3.8) is 0 Å². The molecule has 20 heavy (non-hydrogen) atoms. The van der Waals surface area contributed by atoms with Crippen molar-refractivity contribution in [2.45, 2.75) is 25.1 Å². The van der Waals surface area contributed by atoms with Gasteiger partial charge < -0.3 is 10.2 Å². The highest BCUT2D eigenvalue weighted by molar-refractivity contribution is 8.00. The number of halogens is 1. The quantitative estimate of drug-likeness (QED) is 0.686. The molecule has 110 valence electrons. The Kier molecular flexibility index (Phi) is 5.71. The molecule has 1 aliphatic heterocycles. The Morgan fingerprint density at radius 1 is 1.50 bits per heavy atom. The van der Waals surface area contributed by atoms with E-state index in [2.05, 4.69) is 22.1 Å². The van der Waals surface area contributed by atoms with Gasteiger partial charge in [0.2, 0.25) is 0 Å². The lowest BCUT2D eigenvalue weighted by atomic mass is 10.2. The molecule has 0 saturated carbocycles. The van der Waals surface area contributed by atoms with Gasteiger partial charge in [0.1, 0.15) is 5.82 Å². The van der Waals surface area contributed by atoms with E-state index in [4.69, 9.17) is 0 Å². The summed E-state index contributed by atoms with van der Waals surface area (Å²) in [5, 5.41) is 3.93. The van der Waals surface area contributed by atoms with Gasteiger partial charge in [0.15, 0.2) is 5.96 Å². The van der Waals surface area contributed by atoms with Crippen LogP contribution < -0.4 is 5.32 Å². The normalized spacial score (nSPS) is 20.1. The predicted molar refractivity (Wildman–Crippen MR) is 84.7 cm³/mol. The van der Waals surface area contributed by atoms with Crippen molar-refractivity contribution in [1.29, 1.82) is 0 Å². The predicted octanol–water partition coefficient (Wildman–Crippen LogP) is 2.73. The van der Waals surface area contributed by atoms with Crippen LogP contribution in [0.2, 0.25) is 0 Å². The topological polar surface area (TPSA) is 27.6 Å². The molecular weight excluding hydrogens is 273 g/mol. The van der Waals surface area contributed by atoms with Crippen LogP contribution >= 0.6 is 11.8 Å². The number of aliphatic imine (C=N–C) groups is 1. The molecule has 0 radical (unpaired) electrons. The third-order valence-corrected chi connectivity index (χ3v) is 4.87. The number of rotatable bonds is 3. The van der Waals surface area contributed by atoms with Crippen LogP contribution in [0.25, 0.3) is 0 Å². The van der Waals surface area contributed by atoms with Crippen LogP contribution in [0.5, 0.6) is 0 Å². The number of nitrogens with zero attached hydrogens (tertiary/aromatic N) is 2. The lowest BCUT2D eigenvalue weighted by Gasteiger charge is -2.34. The largest absolute Gasteiger partial charge is 0.352 e. The second kappa shape index (κ2) is 7.53. The van der Waals surface area contributed by atoms with E-state index in [1.54, 1.807) is 19.2 Å². The molecule has 0 amide bonds. The summed E-state index contributed by atoms with van der Waals surface area (Å²) in [6.07, 6.45) is 1.17. The SMILES string of the molecule is CCC1CN(C(=NC)NCc2ccccc2F)CCS1. The Morgan fingerprint density at radius 2 is 2.30 bits per heavy atom. The minimum absolute atomic E-state index is 0.170. The van der Waals surface area contributed by atoms with Gasteiger partial charge in [-0.3, -0.25) is 4.99 Å². The Bertz CT molecular complexity index is 464. The van der Waals surface area contributed by atoms with Crippen molar-refractivity contribution < 1.29 is 4.39 Å². The summed E-state index contributed by atoms with van der Waals surface area (Å²) in [6, 6.07) is 6.86. The molecule has 0 aromatic heterocycles. The van der Waals surface area contributed by atoms with Crippen molar-refractivity contribution in [3.05, 3.63) is 35.6 Å². The molecule has 0 bridgehead atoms. The molecule has 1 aliphatic rings. The van der Waals surface area contributed by atoms with Crippen molar-refractivity contribution in [3.8, 4) is 0 Å². The molecule has 3 nitrogen and oxygen atoms in total. The Balaban J connectivity index is 1.94. The van der Waals surface area contributed by atoms with Gasteiger partial charge in [-0.25, -0.2) is 4.39 Å². The van der Waals surface area contributed by atoms with Crippen molar-refractivity contribution in [2.24, 2.45) is 4.99 Å². The standard InChI is InChI=1S/C15H22FN3S/c1-3-13-11-19(8-9-20-13)15(17-2)18-10-12-6-4-5-7-14(12)16/h4-7,13H,3,8-11H2,1-2H3,(H,17,18). The monoisotopic (exact) mass is 295 g/mol. The number of hydrogen-bond acceptors (Lipinski definition) is 2. The fourth-order valence-electron chi connectivity index (χ4n) is 2.31. The number of benzene rings is 1. The second-order valence-electron chi connectivity index (χ2n) is 4.84. The number of thioether (sulfide) groups is 1. The fraction of sp³-hybridized carbons (Fsp3) is 0.533. The molecule has 1 aromatic rings. The van der Waals surface area contributed by atoms with Crippen LogP contribution in [-0.2, 0) is 6.54 Å². The lowest BCUT2D eigenvalue weighted by molar-refractivity contribution is 0.407. The zero-order chi connectivity index (χ0) is 14.4. The zero-order valence-electron chi connectivity index (χ0n) is 12.1. The van der Waals surface area contributed by atoms with Crippen molar-refractivity contribution in [2.75, 3.05) is 25.9 Å². The molecule has 1 aromatic carbocycles. The van der Waals surface area contributed by atoms with E-state index in [1.165, 1.54) is 12.5 Å². The lowest BCUT2D eigenvalue weighted by Crippen LogP contribution is -2.47. The molecule has 0 aliphatic carbocycles. The summed E-state index contributed by atoms with van der Waals surface area (Å²) >= 11 is 2.03. The van der Waals surface area contributed by atoms with E-state index < -0.39 is 0 Å². The maximum Gasteiger partial charge on any atom is 0.193 e. The molecule has 1 unspecified atom stereocenters. The van der Waals surface area contributed by atoms with Gasteiger partial charge in [0.25, 0.3) is 0 Å². The maximum absolute atomic E-state index is 13.6.